The van der Waals surface area contributed by atoms with Crippen LogP contribution in [0, 0.1) is 0 Å². The molecule has 0 atom stereocenters. The molecule has 4 nitrogen and oxygen atoms in total. The molecular formula is C8H5BrN2O2S. The molecule has 2 N–H and O–H groups in total. The second kappa shape index (κ2) is 3.55. The minimum Gasteiger partial charge on any atom is -0.493 e. The fourth-order valence-electron chi connectivity index (χ4n) is 0.996. The molecule has 14 heavy (non-hydrogen) atoms. The van der Waals surface area contributed by atoms with Gasteiger partial charge < -0.3 is 10.1 Å². The molecular weight excluding hydrogens is 268 g/mol. The predicted molar refractivity (Wildman–Crippen MR) is 57.5 cm³/mol. The number of H-pyrrole nitrogens is 1. The molecule has 2 rings (SSSR count). The lowest BCUT2D eigenvalue weighted by Crippen LogP contribution is -2.02. The first kappa shape index (κ1) is 9.42. The average Bonchev–Trinajstić information content (AvgIpc) is 2.57. The van der Waals surface area contributed by atoms with Gasteiger partial charge in [-0.1, -0.05) is 0 Å². The number of nitrogens with zero attached hydrogens (tertiary/aromatic N) is 1. The number of aromatic nitrogens is 2. The van der Waals surface area contributed by atoms with Gasteiger partial charge in [0.25, 0.3) is 0 Å². The van der Waals surface area contributed by atoms with Crippen molar-refractivity contribution in [1.29, 1.82) is 0 Å². The molecule has 72 valence electrons. The summed E-state index contributed by atoms with van der Waals surface area (Å²) in [6.45, 7) is 0. The molecule has 0 saturated heterocycles. The van der Waals surface area contributed by atoms with Crippen LogP contribution in [-0.4, -0.2) is 15.1 Å². The highest BCUT2D eigenvalue weighted by atomic mass is 79.9. The molecule has 0 radical (unpaired) electrons. The van der Waals surface area contributed by atoms with Crippen molar-refractivity contribution in [3.8, 4) is 16.6 Å². The minimum atomic E-state index is -0.117. The van der Waals surface area contributed by atoms with Crippen molar-refractivity contribution in [3.63, 3.8) is 0 Å². The lowest BCUT2D eigenvalue weighted by atomic mass is 10.3. The Hall–Kier alpha value is -1.14. The maximum atomic E-state index is 11.3. The molecule has 0 fully saturated rings. The number of pyridine rings is 1. The van der Waals surface area contributed by atoms with E-state index >= 15 is 0 Å². The number of rotatable bonds is 1. The van der Waals surface area contributed by atoms with E-state index in [1.54, 1.807) is 6.20 Å². The summed E-state index contributed by atoms with van der Waals surface area (Å²) in [5, 5.41) is 11.1. The number of aromatic hydroxyl groups is 1. The van der Waals surface area contributed by atoms with Crippen molar-refractivity contribution < 1.29 is 5.11 Å². The van der Waals surface area contributed by atoms with E-state index in [9.17, 15) is 4.79 Å². The van der Waals surface area contributed by atoms with E-state index in [4.69, 9.17) is 5.11 Å². The van der Waals surface area contributed by atoms with E-state index in [-0.39, 0.29) is 11.3 Å². The molecule has 0 amide bonds. The Balaban J connectivity index is 2.63. The Morgan fingerprint density at radius 3 is 3.00 bits per heavy atom. The van der Waals surface area contributed by atoms with Crippen LogP contribution >= 0.6 is 27.3 Å². The summed E-state index contributed by atoms with van der Waals surface area (Å²) < 4.78 is 0.425. The highest BCUT2D eigenvalue weighted by Crippen LogP contribution is 2.28. The smallest absolute Gasteiger partial charge is 0.222 e. The van der Waals surface area contributed by atoms with Gasteiger partial charge in [0.1, 0.15) is 5.01 Å². The molecule has 0 aromatic carbocycles. The lowest BCUT2D eigenvalue weighted by Gasteiger charge is -1.97. The van der Waals surface area contributed by atoms with Crippen LogP contribution in [0.5, 0.6) is 5.88 Å². The zero-order chi connectivity index (χ0) is 10.1. The van der Waals surface area contributed by atoms with Crippen molar-refractivity contribution in [2.24, 2.45) is 0 Å². The van der Waals surface area contributed by atoms with E-state index in [0.717, 1.165) is 0 Å². The summed E-state index contributed by atoms with van der Waals surface area (Å²) in [5.41, 5.74) is 0.469. The minimum absolute atomic E-state index is 0.0402. The summed E-state index contributed by atoms with van der Waals surface area (Å²) in [7, 11) is 0. The number of aromatic amines is 1. The number of hydrogen-bond donors (Lipinski definition) is 2. The van der Waals surface area contributed by atoms with Gasteiger partial charge in [0, 0.05) is 12.3 Å². The molecule has 2 aromatic heterocycles. The fraction of sp³-hybridized carbons (Fsp3) is 0. The maximum absolute atomic E-state index is 11.3. The zero-order valence-electron chi connectivity index (χ0n) is 6.82. The summed E-state index contributed by atoms with van der Waals surface area (Å²) in [6, 6.07) is 1.42. The molecule has 0 saturated carbocycles. The molecule has 0 bridgehead atoms. The molecule has 0 spiro atoms. The molecule has 6 heteroatoms. The van der Waals surface area contributed by atoms with Gasteiger partial charge in [0.05, 0.1) is 15.5 Å². The highest BCUT2D eigenvalue weighted by Gasteiger charge is 2.09. The normalized spacial score (nSPS) is 10.4. The topological polar surface area (TPSA) is 66.0 Å². The molecule has 0 aliphatic heterocycles. The van der Waals surface area contributed by atoms with E-state index in [1.807, 2.05) is 0 Å². The van der Waals surface area contributed by atoms with Gasteiger partial charge in [0.2, 0.25) is 5.88 Å². The van der Waals surface area contributed by atoms with Crippen LogP contribution in [0.1, 0.15) is 0 Å². The maximum Gasteiger partial charge on any atom is 0.222 e. The van der Waals surface area contributed by atoms with Crippen LogP contribution in [0.4, 0.5) is 0 Å². The monoisotopic (exact) mass is 272 g/mol. The highest BCUT2D eigenvalue weighted by molar-refractivity contribution is 9.10. The predicted octanol–water partition coefficient (Wildman–Crippen LogP) is 1.97. The van der Waals surface area contributed by atoms with E-state index in [1.165, 1.54) is 22.8 Å². The third-order valence-electron chi connectivity index (χ3n) is 1.60. The van der Waals surface area contributed by atoms with Gasteiger partial charge in [0.15, 0.2) is 5.43 Å². The van der Waals surface area contributed by atoms with Crippen molar-refractivity contribution in [2.75, 3.05) is 0 Å². The van der Waals surface area contributed by atoms with Crippen LogP contribution in [0.25, 0.3) is 10.7 Å². The Bertz CT molecular complexity index is 520. The van der Waals surface area contributed by atoms with E-state index in [2.05, 4.69) is 25.9 Å². The first-order valence-corrected chi connectivity index (χ1v) is 5.38. The van der Waals surface area contributed by atoms with Gasteiger partial charge >= 0.3 is 0 Å². The average molecular weight is 273 g/mol. The largest absolute Gasteiger partial charge is 0.493 e. The first-order chi connectivity index (χ1) is 6.68. The molecule has 0 aliphatic rings. The Morgan fingerprint density at radius 2 is 2.36 bits per heavy atom. The second-order valence-corrected chi connectivity index (χ2v) is 4.19. The van der Waals surface area contributed by atoms with Crippen molar-refractivity contribution in [2.45, 2.75) is 0 Å². The van der Waals surface area contributed by atoms with Crippen LogP contribution < -0.4 is 5.43 Å². The SMILES string of the molecule is O=c1cc[nH]c(-c2nc(O)cs2)c1Br. The first-order valence-electron chi connectivity index (χ1n) is 3.70. The summed E-state index contributed by atoms with van der Waals surface area (Å²) >= 11 is 4.43. The number of nitrogens with one attached hydrogen (secondary N) is 1. The van der Waals surface area contributed by atoms with E-state index < -0.39 is 0 Å². The standard InChI is InChI=1S/C8H5BrN2O2S/c9-6-4(12)1-2-10-7(6)8-11-5(13)3-14-8/h1-3,13H,(H,10,12). The number of halogens is 1. The van der Waals surface area contributed by atoms with Crippen molar-refractivity contribution in [3.05, 3.63) is 32.3 Å². The van der Waals surface area contributed by atoms with Crippen LogP contribution in [-0.2, 0) is 0 Å². The van der Waals surface area contributed by atoms with Gasteiger partial charge in [-0.2, -0.15) is 0 Å². The number of thiazole rings is 1. The number of hydrogen-bond acceptors (Lipinski definition) is 4. The Labute approximate surface area is 91.4 Å². The van der Waals surface area contributed by atoms with Gasteiger partial charge in [-0.3, -0.25) is 4.79 Å². The lowest BCUT2D eigenvalue weighted by molar-refractivity contribution is 0.458. The third-order valence-corrected chi connectivity index (χ3v) is 3.24. The molecule has 0 aliphatic carbocycles. The van der Waals surface area contributed by atoms with Crippen LogP contribution in [0.3, 0.4) is 0 Å². The molecule has 0 unspecified atom stereocenters. The third kappa shape index (κ3) is 1.58. The summed E-state index contributed by atoms with van der Waals surface area (Å²) in [6.07, 6.45) is 1.54. The summed E-state index contributed by atoms with van der Waals surface area (Å²) in [4.78, 5) is 18.0. The van der Waals surface area contributed by atoms with Gasteiger partial charge in [-0.05, 0) is 15.9 Å². The van der Waals surface area contributed by atoms with Crippen LogP contribution in [0.2, 0.25) is 0 Å². The van der Waals surface area contributed by atoms with E-state index in [0.29, 0.717) is 15.2 Å². The summed E-state index contributed by atoms with van der Waals surface area (Å²) in [5.74, 6) is -0.0402. The fourth-order valence-corrected chi connectivity index (χ4v) is 2.26. The van der Waals surface area contributed by atoms with Gasteiger partial charge in [-0.25, -0.2) is 4.98 Å². The van der Waals surface area contributed by atoms with Gasteiger partial charge in [-0.15, -0.1) is 11.3 Å². The van der Waals surface area contributed by atoms with Crippen molar-refractivity contribution >= 4 is 27.3 Å². The Kier molecular flexibility index (Phi) is 2.39. The zero-order valence-corrected chi connectivity index (χ0v) is 9.22. The molecule has 2 aromatic rings. The molecule has 2 heterocycles. The Morgan fingerprint density at radius 1 is 1.57 bits per heavy atom. The quantitative estimate of drug-likeness (QED) is 0.834. The second-order valence-electron chi connectivity index (χ2n) is 2.54. The van der Waals surface area contributed by atoms with Crippen molar-refractivity contribution in [1.82, 2.24) is 9.97 Å². The van der Waals surface area contributed by atoms with Crippen LogP contribution in [0.15, 0.2) is 26.9 Å².